The molecule has 2 heteroatoms. The number of hydrogen-bond donors (Lipinski definition) is 0. The van der Waals surface area contributed by atoms with E-state index in [4.69, 9.17) is 0 Å². The van der Waals surface area contributed by atoms with E-state index >= 15 is 0 Å². The molecule has 0 atom stereocenters. The van der Waals surface area contributed by atoms with Crippen molar-refractivity contribution in [2.45, 2.75) is 0 Å². The molecular formula is C26H18S2. The standard InChI is InChI=1S/C26H18S2/c1(3-21-11-13-27-17-21)19-5-7-23-9-10-24-8-6-20(16-26(24)25(23)15-19)2-4-22-12-14-28-18-22/h1-18H/b3-1+,4-2+. The van der Waals surface area contributed by atoms with Gasteiger partial charge in [-0.2, -0.15) is 22.7 Å². The Hall–Kier alpha value is -2.94. The third kappa shape index (κ3) is 3.57. The first-order chi connectivity index (χ1) is 13.8. The molecular weight excluding hydrogens is 376 g/mol. The first-order valence-electron chi connectivity index (χ1n) is 9.22. The van der Waals surface area contributed by atoms with Crippen LogP contribution in [0.25, 0.3) is 45.8 Å². The Morgan fingerprint density at radius 2 is 0.893 bits per heavy atom. The summed E-state index contributed by atoms with van der Waals surface area (Å²) in [5, 5.41) is 13.7. The van der Waals surface area contributed by atoms with Crippen molar-refractivity contribution in [1.82, 2.24) is 0 Å². The van der Waals surface area contributed by atoms with Gasteiger partial charge in [0.2, 0.25) is 0 Å². The highest BCUT2D eigenvalue weighted by Gasteiger charge is 2.02. The van der Waals surface area contributed by atoms with Crippen LogP contribution in [-0.4, -0.2) is 0 Å². The van der Waals surface area contributed by atoms with E-state index < -0.39 is 0 Å². The van der Waals surface area contributed by atoms with Crippen molar-refractivity contribution in [2.24, 2.45) is 0 Å². The molecule has 0 aliphatic rings. The molecule has 0 nitrogen and oxygen atoms in total. The maximum atomic E-state index is 2.30. The molecule has 0 aliphatic carbocycles. The van der Waals surface area contributed by atoms with Gasteiger partial charge in [0, 0.05) is 0 Å². The fourth-order valence-electron chi connectivity index (χ4n) is 3.42. The molecule has 3 aromatic carbocycles. The van der Waals surface area contributed by atoms with Crippen LogP contribution in [0.3, 0.4) is 0 Å². The van der Waals surface area contributed by atoms with E-state index in [0.29, 0.717) is 0 Å². The molecule has 2 aromatic heterocycles. The summed E-state index contributed by atoms with van der Waals surface area (Å²) in [6.45, 7) is 0. The summed E-state index contributed by atoms with van der Waals surface area (Å²) < 4.78 is 0. The molecule has 5 aromatic rings. The molecule has 0 N–H and O–H groups in total. The van der Waals surface area contributed by atoms with Crippen LogP contribution in [0, 0.1) is 0 Å². The maximum absolute atomic E-state index is 2.30. The summed E-state index contributed by atoms with van der Waals surface area (Å²) in [5.74, 6) is 0. The number of thiophene rings is 2. The minimum atomic E-state index is 1.23. The van der Waals surface area contributed by atoms with Crippen LogP contribution in [-0.2, 0) is 0 Å². The molecule has 28 heavy (non-hydrogen) atoms. The van der Waals surface area contributed by atoms with Crippen molar-refractivity contribution in [3.05, 3.63) is 104 Å². The van der Waals surface area contributed by atoms with E-state index in [0.717, 1.165) is 0 Å². The van der Waals surface area contributed by atoms with Gasteiger partial charge in [-0.05, 0) is 89.6 Å². The summed E-state index contributed by atoms with van der Waals surface area (Å²) in [7, 11) is 0. The van der Waals surface area contributed by atoms with E-state index in [-0.39, 0.29) is 0 Å². The van der Waals surface area contributed by atoms with Crippen molar-refractivity contribution in [1.29, 1.82) is 0 Å². The lowest BCUT2D eigenvalue weighted by Gasteiger charge is -2.07. The van der Waals surface area contributed by atoms with Crippen LogP contribution in [0.1, 0.15) is 22.3 Å². The van der Waals surface area contributed by atoms with Gasteiger partial charge < -0.3 is 0 Å². The summed E-state index contributed by atoms with van der Waals surface area (Å²) in [5.41, 5.74) is 4.96. The van der Waals surface area contributed by atoms with Gasteiger partial charge in [0.05, 0.1) is 0 Å². The predicted molar refractivity (Wildman–Crippen MR) is 128 cm³/mol. The molecule has 2 heterocycles. The van der Waals surface area contributed by atoms with Crippen molar-refractivity contribution >= 4 is 68.5 Å². The summed E-state index contributed by atoms with van der Waals surface area (Å²) in [6, 6.07) is 22.1. The Morgan fingerprint density at radius 1 is 0.464 bits per heavy atom. The minimum Gasteiger partial charge on any atom is -0.152 e. The number of fused-ring (bicyclic) bond motifs is 3. The van der Waals surface area contributed by atoms with E-state index in [1.165, 1.54) is 43.8 Å². The number of rotatable bonds is 4. The molecule has 134 valence electrons. The lowest BCUT2D eigenvalue weighted by molar-refractivity contribution is 1.71. The van der Waals surface area contributed by atoms with E-state index in [9.17, 15) is 0 Å². The predicted octanol–water partition coefficient (Wildman–Crippen LogP) is 8.46. The lowest BCUT2D eigenvalue weighted by Crippen LogP contribution is -1.81. The molecule has 0 aliphatic heterocycles. The Balaban J connectivity index is 1.58. The maximum Gasteiger partial charge on any atom is -0.00208 e. The molecule has 0 radical (unpaired) electrons. The Morgan fingerprint density at radius 3 is 1.32 bits per heavy atom. The van der Waals surface area contributed by atoms with E-state index in [1.807, 2.05) is 0 Å². The number of hydrogen-bond acceptors (Lipinski definition) is 2. The fraction of sp³-hybridized carbons (Fsp3) is 0. The molecule has 0 spiro atoms. The zero-order valence-electron chi connectivity index (χ0n) is 15.2. The fourth-order valence-corrected chi connectivity index (χ4v) is 4.67. The van der Waals surface area contributed by atoms with Crippen LogP contribution in [0.5, 0.6) is 0 Å². The Labute approximate surface area is 172 Å². The molecule has 0 bridgehead atoms. The SMILES string of the molecule is C(=C\c1ccc2ccc3ccc(/C=C/c4ccsc4)cc3c2c1)/c1ccsc1. The second kappa shape index (κ2) is 7.59. The Bertz CT molecular complexity index is 1180. The molecule has 0 saturated carbocycles. The van der Waals surface area contributed by atoms with Gasteiger partial charge in [-0.15, -0.1) is 0 Å². The van der Waals surface area contributed by atoms with Crippen molar-refractivity contribution in [3.8, 4) is 0 Å². The average Bonchev–Trinajstić information content (AvgIpc) is 3.44. The van der Waals surface area contributed by atoms with Gasteiger partial charge in [0.15, 0.2) is 0 Å². The highest BCUT2D eigenvalue weighted by atomic mass is 32.1. The Kier molecular flexibility index (Phi) is 4.66. The smallest absolute Gasteiger partial charge is 0.00208 e. The molecule has 0 saturated heterocycles. The first kappa shape index (κ1) is 17.2. The zero-order valence-corrected chi connectivity index (χ0v) is 16.8. The first-order valence-corrected chi connectivity index (χ1v) is 11.1. The zero-order chi connectivity index (χ0) is 18.8. The van der Waals surface area contributed by atoms with Gasteiger partial charge in [-0.3, -0.25) is 0 Å². The second-order valence-corrected chi connectivity index (χ2v) is 8.37. The summed E-state index contributed by atoms with van der Waals surface area (Å²) >= 11 is 3.45. The van der Waals surface area contributed by atoms with Crippen LogP contribution in [0.2, 0.25) is 0 Å². The molecule has 0 fully saturated rings. The van der Waals surface area contributed by atoms with Crippen LogP contribution in [0.4, 0.5) is 0 Å². The van der Waals surface area contributed by atoms with Crippen molar-refractivity contribution in [2.75, 3.05) is 0 Å². The quantitative estimate of drug-likeness (QED) is 0.268. The van der Waals surface area contributed by atoms with Crippen molar-refractivity contribution in [3.63, 3.8) is 0 Å². The highest BCUT2D eigenvalue weighted by molar-refractivity contribution is 7.08. The van der Waals surface area contributed by atoms with Gasteiger partial charge >= 0.3 is 0 Å². The molecule has 0 amide bonds. The van der Waals surface area contributed by atoms with Gasteiger partial charge in [0.1, 0.15) is 0 Å². The highest BCUT2D eigenvalue weighted by Crippen LogP contribution is 2.28. The third-order valence-corrected chi connectivity index (χ3v) is 6.31. The topological polar surface area (TPSA) is 0 Å². The molecule has 5 rings (SSSR count). The largest absolute Gasteiger partial charge is 0.152 e. The summed E-state index contributed by atoms with van der Waals surface area (Å²) in [4.78, 5) is 0. The average molecular weight is 395 g/mol. The normalized spacial score (nSPS) is 12.0. The van der Waals surface area contributed by atoms with Gasteiger partial charge in [-0.1, -0.05) is 60.7 Å². The van der Waals surface area contributed by atoms with E-state index in [2.05, 4.69) is 106 Å². The minimum absolute atomic E-state index is 1.23. The van der Waals surface area contributed by atoms with E-state index in [1.54, 1.807) is 22.7 Å². The number of benzene rings is 3. The third-order valence-electron chi connectivity index (χ3n) is 4.91. The summed E-state index contributed by atoms with van der Waals surface area (Å²) in [6.07, 6.45) is 8.75. The second-order valence-electron chi connectivity index (χ2n) is 6.81. The van der Waals surface area contributed by atoms with Crippen LogP contribution < -0.4 is 0 Å². The van der Waals surface area contributed by atoms with Crippen molar-refractivity contribution < 1.29 is 0 Å². The monoisotopic (exact) mass is 394 g/mol. The molecule has 0 unspecified atom stereocenters. The van der Waals surface area contributed by atoms with Crippen LogP contribution >= 0.6 is 22.7 Å². The van der Waals surface area contributed by atoms with Gasteiger partial charge in [0.25, 0.3) is 0 Å². The van der Waals surface area contributed by atoms with Gasteiger partial charge in [-0.25, -0.2) is 0 Å². The lowest BCUT2D eigenvalue weighted by atomic mass is 9.98. The van der Waals surface area contributed by atoms with Crippen LogP contribution in [0.15, 0.2) is 82.2 Å².